The summed E-state index contributed by atoms with van der Waals surface area (Å²) in [7, 11) is 0. The Balaban J connectivity index is 1.57. The number of nitrogens with zero attached hydrogens (tertiary/aromatic N) is 4. The monoisotopic (exact) mass is 424 g/mol. The number of benzene rings is 1. The molecule has 10 heteroatoms. The molecular weight excluding hydrogens is 400 g/mol. The minimum atomic E-state index is -1.16. The Labute approximate surface area is 178 Å². The molecule has 10 nitrogen and oxygen atoms in total. The molecule has 4 N–H and O–H groups in total. The molecule has 3 aromatic rings. The molecule has 1 aromatic carbocycles. The second kappa shape index (κ2) is 7.88. The lowest BCUT2D eigenvalue weighted by molar-refractivity contribution is -0.119. The molecule has 2 fully saturated rings. The highest BCUT2D eigenvalue weighted by Crippen LogP contribution is 2.36. The third kappa shape index (κ3) is 3.73. The van der Waals surface area contributed by atoms with Gasteiger partial charge in [0, 0.05) is 11.6 Å². The van der Waals surface area contributed by atoms with E-state index in [0.29, 0.717) is 22.5 Å². The average Bonchev–Trinajstić information content (AvgIpc) is 3.46. The highest BCUT2D eigenvalue weighted by Gasteiger charge is 2.43. The van der Waals surface area contributed by atoms with Crippen LogP contribution in [-0.2, 0) is 9.53 Å². The summed E-state index contributed by atoms with van der Waals surface area (Å²) >= 11 is 0. The van der Waals surface area contributed by atoms with Gasteiger partial charge in [0.05, 0.1) is 18.0 Å². The normalized spacial score (nSPS) is 25.6. The fraction of sp³-hybridized carbons (Fsp3) is 0.429. The Morgan fingerprint density at radius 1 is 1.19 bits per heavy atom. The Bertz CT molecular complexity index is 1100. The molecule has 1 aliphatic carbocycles. The van der Waals surface area contributed by atoms with Crippen LogP contribution >= 0.6 is 0 Å². The number of anilines is 1. The molecule has 31 heavy (non-hydrogen) atoms. The number of carbonyl (C=O) groups is 1. The lowest BCUT2D eigenvalue weighted by Crippen LogP contribution is -2.31. The van der Waals surface area contributed by atoms with Gasteiger partial charge in [-0.05, 0) is 19.8 Å². The fourth-order valence-electron chi connectivity index (χ4n) is 3.78. The van der Waals surface area contributed by atoms with Crippen molar-refractivity contribution in [1.29, 1.82) is 0 Å². The molecule has 1 aliphatic heterocycles. The molecule has 3 heterocycles. The van der Waals surface area contributed by atoms with Gasteiger partial charge in [0.25, 0.3) is 0 Å². The van der Waals surface area contributed by atoms with Gasteiger partial charge in [0.15, 0.2) is 11.9 Å². The second-order valence-corrected chi connectivity index (χ2v) is 7.99. The molecule has 1 saturated carbocycles. The zero-order valence-electron chi connectivity index (χ0n) is 17.0. The van der Waals surface area contributed by atoms with Crippen molar-refractivity contribution in [2.45, 2.75) is 50.3 Å². The molecule has 4 atom stereocenters. The molecule has 0 radical (unpaired) electrons. The largest absolute Gasteiger partial charge is 0.388 e. The number of nitrogens with one attached hydrogen (secondary N) is 2. The van der Waals surface area contributed by atoms with Crippen molar-refractivity contribution < 1.29 is 19.7 Å². The predicted octanol–water partition coefficient (Wildman–Crippen LogP) is 0.823. The van der Waals surface area contributed by atoms with Gasteiger partial charge in [0.1, 0.15) is 30.0 Å². The van der Waals surface area contributed by atoms with E-state index in [2.05, 4.69) is 25.7 Å². The maximum Gasteiger partial charge on any atom is 0.239 e. The van der Waals surface area contributed by atoms with Crippen LogP contribution in [-0.4, -0.2) is 66.8 Å². The van der Waals surface area contributed by atoms with Crippen LogP contribution in [0, 0.1) is 0 Å². The molecule has 2 aliphatic rings. The van der Waals surface area contributed by atoms with Crippen molar-refractivity contribution in [3.05, 3.63) is 36.7 Å². The van der Waals surface area contributed by atoms with Crippen molar-refractivity contribution in [3.63, 3.8) is 0 Å². The first-order chi connectivity index (χ1) is 15.0. The fourth-order valence-corrected chi connectivity index (χ4v) is 3.78. The van der Waals surface area contributed by atoms with Crippen LogP contribution in [0.4, 0.5) is 5.82 Å². The predicted molar refractivity (Wildman–Crippen MR) is 112 cm³/mol. The van der Waals surface area contributed by atoms with E-state index < -0.39 is 24.5 Å². The second-order valence-electron chi connectivity index (χ2n) is 7.99. The number of amides is 1. The number of hydrogen-bond acceptors (Lipinski definition) is 8. The average molecular weight is 424 g/mol. The zero-order valence-corrected chi connectivity index (χ0v) is 17.0. The van der Waals surface area contributed by atoms with Gasteiger partial charge < -0.3 is 25.6 Å². The molecule has 1 amide bonds. The van der Waals surface area contributed by atoms with E-state index in [4.69, 9.17) is 4.74 Å². The summed E-state index contributed by atoms with van der Waals surface area (Å²) in [5.74, 6) is 0.358. The molecule has 1 saturated heterocycles. The molecule has 2 aromatic heterocycles. The first-order valence-electron chi connectivity index (χ1n) is 10.4. The van der Waals surface area contributed by atoms with Crippen LogP contribution in [0.5, 0.6) is 0 Å². The number of carbonyl (C=O) groups excluding carboxylic acids is 1. The van der Waals surface area contributed by atoms with Gasteiger partial charge in [-0.3, -0.25) is 4.79 Å². The summed E-state index contributed by atoms with van der Waals surface area (Å²) in [5, 5.41) is 32.0. The summed E-state index contributed by atoms with van der Waals surface area (Å²) in [6.07, 6.45) is -0.231. The molecule has 5 rings (SSSR count). The lowest BCUT2D eigenvalue weighted by Gasteiger charge is -2.15. The van der Waals surface area contributed by atoms with E-state index in [0.717, 1.165) is 18.4 Å². The van der Waals surface area contributed by atoms with E-state index >= 15 is 0 Å². The summed E-state index contributed by atoms with van der Waals surface area (Å²) in [6.45, 7) is 1.76. The summed E-state index contributed by atoms with van der Waals surface area (Å²) in [6, 6.07) is 9.79. The minimum Gasteiger partial charge on any atom is -0.388 e. The van der Waals surface area contributed by atoms with E-state index in [1.165, 1.54) is 11.0 Å². The van der Waals surface area contributed by atoms with Crippen molar-refractivity contribution in [2.75, 3.05) is 11.9 Å². The summed E-state index contributed by atoms with van der Waals surface area (Å²) in [4.78, 5) is 20.9. The highest BCUT2D eigenvalue weighted by molar-refractivity contribution is 5.99. The maximum absolute atomic E-state index is 12.2. The third-order valence-corrected chi connectivity index (χ3v) is 5.61. The molecule has 162 valence electrons. The summed E-state index contributed by atoms with van der Waals surface area (Å²) < 4.78 is 7.25. The van der Waals surface area contributed by atoms with E-state index in [9.17, 15) is 15.0 Å². The Hall–Kier alpha value is -3.08. The van der Waals surface area contributed by atoms with E-state index in [1.54, 1.807) is 6.92 Å². The Kier molecular flexibility index (Phi) is 5.05. The van der Waals surface area contributed by atoms with Crippen molar-refractivity contribution >= 4 is 22.8 Å². The first-order valence-corrected chi connectivity index (χ1v) is 10.4. The van der Waals surface area contributed by atoms with Gasteiger partial charge in [-0.15, -0.1) is 0 Å². The minimum absolute atomic E-state index is 0.0698. The molecule has 0 spiro atoms. The van der Waals surface area contributed by atoms with Gasteiger partial charge in [-0.1, -0.05) is 30.3 Å². The quantitative estimate of drug-likeness (QED) is 0.457. The number of fused-ring (bicyclic) bond motifs is 1. The van der Waals surface area contributed by atoms with Crippen molar-refractivity contribution in [1.82, 2.24) is 25.1 Å². The Morgan fingerprint density at radius 2 is 1.97 bits per heavy atom. The van der Waals surface area contributed by atoms with Gasteiger partial charge in [0.2, 0.25) is 5.91 Å². The number of hydrogen-bond donors (Lipinski definition) is 4. The van der Waals surface area contributed by atoms with Crippen LogP contribution in [0.1, 0.15) is 26.0 Å². The van der Waals surface area contributed by atoms with Gasteiger partial charge in [-0.25, -0.2) is 14.6 Å². The number of aliphatic hydroxyl groups excluding tert-OH is 2. The first kappa shape index (κ1) is 19.9. The standard InChI is InChI=1S/C21H24N6O4/c1-11-17(29)18(30)21(31-11)27-20-15(16(26-27)12-5-3-2-4-6-12)19(23-10-24-20)22-9-14(28)25-13-7-8-13/h2-6,10-11,13,17-18,21,29-30H,7-9H2,1H3,(H,25,28)(H,22,23,24)/t11-,17-,18-,21-/m1/s1. The highest BCUT2D eigenvalue weighted by atomic mass is 16.6. The van der Waals surface area contributed by atoms with Crippen LogP contribution < -0.4 is 10.6 Å². The number of aromatic nitrogens is 4. The molecule has 0 unspecified atom stereocenters. The van der Waals surface area contributed by atoms with Crippen LogP contribution in [0.25, 0.3) is 22.3 Å². The Morgan fingerprint density at radius 3 is 2.65 bits per heavy atom. The maximum atomic E-state index is 12.2. The summed E-state index contributed by atoms with van der Waals surface area (Å²) in [5.41, 5.74) is 1.85. The van der Waals surface area contributed by atoms with Crippen molar-refractivity contribution in [2.24, 2.45) is 0 Å². The smallest absolute Gasteiger partial charge is 0.239 e. The van der Waals surface area contributed by atoms with Gasteiger partial charge >= 0.3 is 0 Å². The van der Waals surface area contributed by atoms with Crippen LogP contribution in [0.3, 0.4) is 0 Å². The van der Waals surface area contributed by atoms with Crippen molar-refractivity contribution in [3.8, 4) is 11.3 Å². The topological polar surface area (TPSA) is 134 Å². The molecule has 0 bridgehead atoms. The zero-order chi connectivity index (χ0) is 21.5. The van der Waals surface area contributed by atoms with E-state index in [1.807, 2.05) is 30.3 Å². The third-order valence-electron chi connectivity index (χ3n) is 5.61. The lowest BCUT2D eigenvalue weighted by atomic mass is 10.1. The molecular formula is C21H24N6O4. The number of ether oxygens (including phenoxy) is 1. The number of aliphatic hydroxyl groups is 2. The number of rotatable bonds is 6. The van der Waals surface area contributed by atoms with Crippen LogP contribution in [0.2, 0.25) is 0 Å². The van der Waals surface area contributed by atoms with Crippen LogP contribution in [0.15, 0.2) is 36.7 Å². The van der Waals surface area contributed by atoms with E-state index in [-0.39, 0.29) is 18.5 Å². The van der Waals surface area contributed by atoms with Gasteiger partial charge in [-0.2, -0.15) is 5.10 Å². The SMILES string of the molecule is C[C@H]1O[C@@H](n2nc(-c3ccccc3)c3c(NCC(=O)NC4CC4)ncnc32)[C@H](O)[C@@H]1O.